The van der Waals surface area contributed by atoms with E-state index in [2.05, 4.69) is 26.5 Å². The van der Waals surface area contributed by atoms with Crippen LogP contribution in [0.15, 0.2) is 94.5 Å². The predicted octanol–water partition coefficient (Wildman–Crippen LogP) is 6.60. The van der Waals surface area contributed by atoms with Crippen LogP contribution in [0.1, 0.15) is 21.5 Å². The van der Waals surface area contributed by atoms with E-state index in [4.69, 9.17) is 16.3 Å². The molecule has 31 heavy (non-hydrogen) atoms. The molecule has 0 aromatic heterocycles. The maximum absolute atomic E-state index is 12.4. The van der Waals surface area contributed by atoms with Gasteiger partial charge >= 0.3 is 0 Å². The summed E-state index contributed by atoms with van der Waals surface area (Å²) in [5.41, 5.74) is 4.98. The Morgan fingerprint density at radius 1 is 0.968 bits per heavy atom. The van der Waals surface area contributed by atoms with Gasteiger partial charge in [-0.25, -0.2) is 5.43 Å². The second kappa shape index (κ2) is 9.77. The van der Waals surface area contributed by atoms with Crippen molar-refractivity contribution in [3.05, 3.63) is 111 Å². The van der Waals surface area contributed by atoms with Crippen LogP contribution in [0.25, 0.3) is 10.8 Å². The zero-order valence-corrected chi connectivity index (χ0v) is 18.7. The number of rotatable bonds is 6. The number of halogens is 2. The average Bonchev–Trinajstić information content (AvgIpc) is 2.79. The van der Waals surface area contributed by atoms with Crippen LogP contribution in [0.2, 0.25) is 5.02 Å². The third kappa shape index (κ3) is 5.51. The van der Waals surface area contributed by atoms with E-state index in [1.54, 1.807) is 12.3 Å². The standard InChI is InChI=1S/C25H18BrClN2O2/c26-23-13-18(7-12-24(23)31-16-17-5-10-22(27)11-6-17)15-28-29-25(30)21-9-8-19-3-1-2-4-20(19)14-21/h1-15H,16H2,(H,29,30)/b28-15-. The van der Waals surface area contributed by atoms with Gasteiger partial charge in [0.15, 0.2) is 0 Å². The molecule has 0 saturated carbocycles. The number of carbonyl (C=O) groups is 1. The molecule has 4 aromatic carbocycles. The van der Waals surface area contributed by atoms with Crippen molar-refractivity contribution in [3.63, 3.8) is 0 Å². The molecule has 0 heterocycles. The highest BCUT2D eigenvalue weighted by molar-refractivity contribution is 9.10. The van der Waals surface area contributed by atoms with Crippen molar-refractivity contribution in [1.82, 2.24) is 5.43 Å². The summed E-state index contributed by atoms with van der Waals surface area (Å²) in [5, 5.41) is 6.87. The lowest BCUT2D eigenvalue weighted by Crippen LogP contribution is -2.17. The number of benzene rings is 4. The zero-order chi connectivity index (χ0) is 21.6. The van der Waals surface area contributed by atoms with E-state index in [-0.39, 0.29) is 5.91 Å². The number of hydrazone groups is 1. The molecule has 1 N–H and O–H groups in total. The van der Waals surface area contributed by atoms with Crippen LogP contribution in [0, 0.1) is 0 Å². The number of nitrogens with one attached hydrogen (secondary N) is 1. The van der Waals surface area contributed by atoms with Crippen LogP contribution in [0.4, 0.5) is 0 Å². The van der Waals surface area contributed by atoms with Crippen molar-refractivity contribution >= 4 is 50.4 Å². The molecule has 6 heteroatoms. The summed E-state index contributed by atoms with van der Waals surface area (Å²) in [6.07, 6.45) is 1.59. The molecule has 1 amide bonds. The van der Waals surface area contributed by atoms with Crippen LogP contribution in [-0.2, 0) is 6.61 Å². The van der Waals surface area contributed by atoms with E-state index in [0.29, 0.717) is 22.9 Å². The summed E-state index contributed by atoms with van der Waals surface area (Å²) < 4.78 is 6.65. The van der Waals surface area contributed by atoms with Gasteiger partial charge in [-0.05, 0) is 80.3 Å². The molecule has 0 atom stereocenters. The second-order valence-corrected chi connectivity index (χ2v) is 8.16. The Hall–Kier alpha value is -3.15. The Kier molecular flexibility index (Phi) is 6.65. The molecule has 154 valence electrons. The fourth-order valence-corrected chi connectivity index (χ4v) is 3.65. The fourth-order valence-electron chi connectivity index (χ4n) is 3.02. The lowest BCUT2D eigenvalue weighted by Gasteiger charge is -2.09. The first-order valence-corrected chi connectivity index (χ1v) is 10.7. The average molecular weight is 494 g/mol. The molecule has 0 aliphatic heterocycles. The predicted molar refractivity (Wildman–Crippen MR) is 129 cm³/mol. The normalized spacial score (nSPS) is 11.0. The van der Waals surface area contributed by atoms with Crippen LogP contribution >= 0.6 is 27.5 Å². The van der Waals surface area contributed by atoms with Gasteiger partial charge in [0.05, 0.1) is 10.7 Å². The van der Waals surface area contributed by atoms with Gasteiger partial charge in [0.25, 0.3) is 5.91 Å². The molecule has 0 aliphatic rings. The monoisotopic (exact) mass is 492 g/mol. The molecular weight excluding hydrogens is 476 g/mol. The quantitative estimate of drug-likeness (QED) is 0.243. The lowest BCUT2D eigenvalue weighted by atomic mass is 10.1. The minimum absolute atomic E-state index is 0.260. The highest BCUT2D eigenvalue weighted by Gasteiger charge is 2.06. The first-order valence-electron chi connectivity index (χ1n) is 9.57. The van der Waals surface area contributed by atoms with E-state index < -0.39 is 0 Å². The van der Waals surface area contributed by atoms with E-state index in [9.17, 15) is 4.79 Å². The summed E-state index contributed by atoms with van der Waals surface area (Å²) in [6.45, 7) is 0.436. The molecular formula is C25H18BrClN2O2. The molecule has 0 bridgehead atoms. The first kappa shape index (κ1) is 21.1. The summed E-state index contributed by atoms with van der Waals surface area (Å²) in [5.74, 6) is 0.455. The largest absolute Gasteiger partial charge is 0.488 e. The van der Waals surface area contributed by atoms with Gasteiger partial charge < -0.3 is 4.74 Å². The molecule has 0 fully saturated rings. The Balaban J connectivity index is 1.36. The number of hydrogen-bond donors (Lipinski definition) is 1. The zero-order valence-electron chi connectivity index (χ0n) is 16.4. The van der Waals surface area contributed by atoms with Gasteiger partial charge in [-0.3, -0.25) is 4.79 Å². The van der Waals surface area contributed by atoms with Gasteiger partial charge in [0.1, 0.15) is 12.4 Å². The maximum Gasteiger partial charge on any atom is 0.271 e. The number of ether oxygens (including phenoxy) is 1. The highest BCUT2D eigenvalue weighted by Crippen LogP contribution is 2.26. The first-order chi connectivity index (χ1) is 15.1. The number of carbonyl (C=O) groups excluding carboxylic acids is 1. The van der Waals surface area contributed by atoms with Crippen molar-refractivity contribution < 1.29 is 9.53 Å². The highest BCUT2D eigenvalue weighted by atomic mass is 79.9. The third-order valence-electron chi connectivity index (χ3n) is 4.65. The Labute approximate surface area is 193 Å². The molecule has 0 spiro atoms. The molecule has 4 nitrogen and oxygen atoms in total. The van der Waals surface area contributed by atoms with Crippen LogP contribution < -0.4 is 10.2 Å². The Bertz CT molecular complexity index is 1260. The SMILES string of the molecule is O=C(N/N=C\c1ccc(OCc2ccc(Cl)cc2)c(Br)c1)c1ccc2ccccc2c1. The summed E-state index contributed by atoms with van der Waals surface area (Å²) >= 11 is 9.42. The van der Waals surface area contributed by atoms with Crippen molar-refractivity contribution in [2.24, 2.45) is 5.10 Å². The third-order valence-corrected chi connectivity index (χ3v) is 5.53. The number of nitrogens with zero attached hydrogens (tertiary/aromatic N) is 1. The molecule has 0 saturated heterocycles. The van der Waals surface area contributed by atoms with E-state index in [0.717, 1.165) is 26.4 Å². The van der Waals surface area contributed by atoms with Crippen molar-refractivity contribution in [2.75, 3.05) is 0 Å². The van der Waals surface area contributed by atoms with Gasteiger partial charge in [0, 0.05) is 10.6 Å². The van der Waals surface area contributed by atoms with E-state index >= 15 is 0 Å². The van der Waals surface area contributed by atoms with Crippen molar-refractivity contribution in [2.45, 2.75) is 6.61 Å². The van der Waals surface area contributed by atoms with Gasteiger partial charge in [-0.1, -0.05) is 54.1 Å². The van der Waals surface area contributed by atoms with Gasteiger partial charge in [0.2, 0.25) is 0 Å². The van der Waals surface area contributed by atoms with E-state index in [1.165, 1.54) is 0 Å². The summed E-state index contributed by atoms with van der Waals surface area (Å²) in [7, 11) is 0. The number of amides is 1. The van der Waals surface area contributed by atoms with Crippen LogP contribution in [0.5, 0.6) is 5.75 Å². The smallest absolute Gasteiger partial charge is 0.271 e. The Morgan fingerprint density at radius 2 is 1.74 bits per heavy atom. The summed E-state index contributed by atoms with van der Waals surface area (Å²) in [6, 6.07) is 26.6. The fraction of sp³-hybridized carbons (Fsp3) is 0.0400. The lowest BCUT2D eigenvalue weighted by molar-refractivity contribution is 0.0955. The minimum atomic E-state index is -0.260. The van der Waals surface area contributed by atoms with E-state index in [1.807, 2.05) is 78.9 Å². The molecule has 4 rings (SSSR count). The van der Waals surface area contributed by atoms with Crippen molar-refractivity contribution in [3.8, 4) is 5.75 Å². The van der Waals surface area contributed by atoms with Gasteiger partial charge in [-0.2, -0.15) is 5.10 Å². The minimum Gasteiger partial charge on any atom is -0.488 e. The maximum atomic E-state index is 12.4. The number of hydrogen-bond acceptors (Lipinski definition) is 3. The summed E-state index contributed by atoms with van der Waals surface area (Å²) in [4.78, 5) is 12.4. The molecule has 0 aliphatic carbocycles. The second-order valence-electron chi connectivity index (χ2n) is 6.87. The van der Waals surface area contributed by atoms with Crippen LogP contribution in [0.3, 0.4) is 0 Å². The topological polar surface area (TPSA) is 50.7 Å². The van der Waals surface area contributed by atoms with Gasteiger partial charge in [-0.15, -0.1) is 0 Å². The molecule has 0 unspecified atom stereocenters. The Morgan fingerprint density at radius 3 is 2.52 bits per heavy atom. The van der Waals surface area contributed by atoms with Crippen molar-refractivity contribution in [1.29, 1.82) is 0 Å². The molecule has 4 aromatic rings. The number of fused-ring (bicyclic) bond motifs is 1. The molecule has 0 radical (unpaired) electrons. The van der Waals surface area contributed by atoms with Crippen LogP contribution in [-0.4, -0.2) is 12.1 Å².